The molecule has 2 aromatic rings. The molecule has 0 aliphatic heterocycles. The molecule has 0 atom stereocenters. The molecular formula is C10H11ClN6O2. The normalized spacial score (nSPS) is 10.5. The molecule has 100 valence electrons. The van der Waals surface area contributed by atoms with Gasteiger partial charge in [0.25, 0.3) is 0 Å². The lowest BCUT2D eigenvalue weighted by Gasteiger charge is -2.06. The summed E-state index contributed by atoms with van der Waals surface area (Å²) < 4.78 is 1.35. The molecule has 19 heavy (non-hydrogen) atoms. The van der Waals surface area contributed by atoms with E-state index in [1.54, 1.807) is 20.9 Å². The maximum absolute atomic E-state index is 11.2. The molecule has 0 radical (unpaired) electrons. The van der Waals surface area contributed by atoms with Gasteiger partial charge in [0.15, 0.2) is 0 Å². The van der Waals surface area contributed by atoms with Crippen molar-refractivity contribution in [2.75, 3.05) is 12.4 Å². The number of nitro groups is 1. The van der Waals surface area contributed by atoms with E-state index in [4.69, 9.17) is 11.6 Å². The first kappa shape index (κ1) is 13.2. The molecule has 0 unspecified atom stereocenters. The summed E-state index contributed by atoms with van der Waals surface area (Å²) in [6, 6.07) is 0. The van der Waals surface area contributed by atoms with Crippen LogP contribution in [-0.2, 0) is 0 Å². The number of nitrogens with one attached hydrogen (secondary N) is 1. The Bertz CT molecular complexity index is 654. The highest BCUT2D eigenvalue weighted by molar-refractivity contribution is 6.31. The molecule has 8 nitrogen and oxygen atoms in total. The van der Waals surface area contributed by atoms with Crippen molar-refractivity contribution < 1.29 is 4.92 Å². The Balaban J connectivity index is 2.75. The molecule has 9 heteroatoms. The minimum absolute atomic E-state index is 0.0804. The Morgan fingerprint density at radius 3 is 2.58 bits per heavy atom. The lowest BCUT2D eigenvalue weighted by molar-refractivity contribution is -0.384. The third-order valence-electron chi connectivity index (χ3n) is 2.63. The van der Waals surface area contributed by atoms with E-state index in [9.17, 15) is 10.1 Å². The molecule has 2 rings (SSSR count). The average Bonchev–Trinajstić information content (AvgIpc) is 2.65. The van der Waals surface area contributed by atoms with Crippen molar-refractivity contribution in [3.8, 4) is 5.82 Å². The van der Waals surface area contributed by atoms with E-state index in [2.05, 4.69) is 20.4 Å². The van der Waals surface area contributed by atoms with Crippen molar-refractivity contribution >= 4 is 23.1 Å². The molecule has 0 aliphatic carbocycles. The maximum Gasteiger partial charge on any atom is 0.355 e. The first-order valence-corrected chi connectivity index (χ1v) is 5.74. The van der Waals surface area contributed by atoms with Gasteiger partial charge in [-0.2, -0.15) is 5.10 Å². The van der Waals surface area contributed by atoms with Gasteiger partial charge in [0.2, 0.25) is 11.6 Å². The summed E-state index contributed by atoms with van der Waals surface area (Å²) in [5.41, 5.74) is 0.924. The monoisotopic (exact) mass is 282 g/mol. The van der Waals surface area contributed by atoms with E-state index in [1.807, 2.05) is 0 Å². The van der Waals surface area contributed by atoms with Gasteiger partial charge in [-0.3, -0.25) is 10.1 Å². The number of aryl methyl sites for hydroxylation is 1. The van der Waals surface area contributed by atoms with Crippen LogP contribution in [0.1, 0.15) is 11.4 Å². The highest BCUT2D eigenvalue weighted by atomic mass is 35.5. The molecule has 0 saturated heterocycles. The summed E-state index contributed by atoms with van der Waals surface area (Å²) in [4.78, 5) is 18.4. The zero-order chi connectivity index (χ0) is 14.2. The fourth-order valence-corrected chi connectivity index (χ4v) is 1.82. The predicted octanol–water partition coefficient (Wildman–Crippen LogP) is 1.88. The minimum atomic E-state index is -0.550. The van der Waals surface area contributed by atoms with Crippen molar-refractivity contribution in [2.24, 2.45) is 0 Å². The van der Waals surface area contributed by atoms with Crippen molar-refractivity contribution in [1.29, 1.82) is 0 Å². The van der Waals surface area contributed by atoms with Crippen LogP contribution in [0.25, 0.3) is 5.82 Å². The third-order valence-corrected chi connectivity index (χ3v) is 3.17. The number of rotatable bonds is 3. The molecule has 0 amide bonds. The molecule has 0 aromatic carbocycles. The molecule has 0 spiro atoms. The van der Waals surface area contributed by atoms with Crippen molar-refractivity contribution in [3.63, 3.8) is 0 Å². The van der Waals surface area contributed by atoms with E-state index in [0.717, 1.165) is 0 Å². The van der Waals surface area contributed by atoms with Gasteiger partial charge in [-0.15, -0.1) is 0 Å². The molecule has 0 bridgehead atoms. The first-order valence-electron chi connectivity index (χ1n) is 5.36. The van der Waals surface area contributed by atoms with Gasteiger partial charge in [0, 0.05) is 7.05 Å². The second-order valence-corrected chi connectivity index (χ2v) is 4.18. The number of nitrogens with zero attached hydrogens (tertiary/aromatic N) is 5. The van der Waals surface area contributed by atoms with Crippen molar-refractivity contribution in [3.05, 3.63) is 32.9 Å². The lowest BCUT2D eigenvalue weighted by atomic mass is 10.4. The van der Waals surface area contributed by atoms with Crippen LogP contribution >= 0.6 is 11.6 Å². The maximum atomic E-state index is 11.2. The highest BCUT2D eigenvalue weighted by Gasteiger charge is 2.26. The van der Waals surface area contributed by atoms with Gasteiger partial charge in [0.05, 0.1) is 21.3 Å². The number of anilines is 1. The fraction of sp³-hybridized carbons (Fsp3) is 0.300. The lowest BCUT2D eigenvalue weighted by Crippen LogP contribution is -2.09. The molecule has 2 heterocycles. The Morgan fingerprint density at radius 1 is 1.42 bits per heavy atom. The van der Waals surface area contributed by atoms with Crippen LogP contribution < -0.4 is 5.32 Å². The zero-order valence-electron chi connectivity index (χ0n) is 10.5. The highest BCUT2D eigenvalue weighted by Crippen LogP contribution is 2.30. The van der Waals surface area contributed by atoms with Gasteiger partial charge in [-0.25, -0.2) is 14.6 Å². The Morgan fingerprint density at radius 2 is 2.11 bits per heavy atom. The second-order valence-electron chi connectivity index (χ2n) is 3.80. The summed E-state index contributed by atoms with van der Waals surface area (Å²) in [7, 11) is 1.55. The van der Waals surface area contributed by atoms with Gasteiger partial charge in [-0.1, -0.05) is 11.6 Å². The summed E-state index contributed by atoms with van der Waals surface area (Å²) in [5.74, 6) is 0.204. The third kappa shape index (κ3) is 2.10. The summed E-state index contributed by atoms with van der Waals surface area (Å²) in [6.45, 7) is 3.44. The minimum Gasteiger partial charge on any atom is -0.367 e. The van der Waals surface area contributed by atoms with E-state index < -0.39 is 4.92 Å². The van der Waals surface area contributed by atoms with E-state index >= 15 is 0 Å². The van der Waals surface area contributed by atoms with Crippen LogP contribution in [0.2, 0.25) is 5.02 Å². The molecule has 1 N–H and O–H groups in total. The predicted molar refractivity (Wildman–Crippen MR) is 69.8 cm³/mol. The standard InChI is InChI=1S/C10H11ClN6O2/c1-5-7(11)6(2)16(15-5)10-8(17(18)19)9(12-3)13-4-14-10/h4H,1-3H3,(H,12,13,14). The Hall–Kier alpha value is -2.22. The van der Waals surface area contributed by atoms with Crippen molar-refractivity contribution in [2.45, 2.75) is 13.8 Å². The Labute approximate surface area is 113 Å². The molecule has 0 saturated carbocycles. The van der Waals surface area contributed by atoms with Crippen LogP contribution in [0.5, 0.6) is 0 Å². The van der Waals surface area contributed by atoms with Crippen LogP contribution in [0.15, 0.2) is 6.33 Å². The van der Waals surface area contributed by atoms with Crippen LogP contribution in [0, 0.1) is 24.0 Å². The summed E-state index contributed by atoms with van der Waals surface area (Å²) in [6.07, 6.45) is 1.23. The van der Waals surface area contributed by atoms with Crippen LogP contribution in [0.3, 0.4) is 0 Å². The largest absolute Gasteiger partial charge is 0.367 e. The van der Waals surface area contributed by atoms with Crippen LogP contribution in [0.4, 0.5) is 11.5 Å². The number of hydrogen-bond acceptors (Lipinski definition) is 6. The molecule has 2 aromatic heterocycles. The van der Waals surface area contributed by atoms with E-state index in [1.165, 1.54) is 11.0 Å². The topological polar surface area (TPSA) is 98.8 Å². The zero-order valence-corrected chi connectivity index (χ0v) is 11.3. The van der Waals surface area contributed by atoms with Gasteiger partial charge < -0.3 is 5.32 Å². The molecule has 0 aliphatic rings. The quantitative estimate of drug-likeness (QED) is 0.681. The second kappa shape index (κ2) is 4.81. The van der Waals surface area contributed by atoms with Crippen molar-refractivity contribution in [1.82, 2.24) is 19.7 Å². The molecule has 0 fully saturated rings. The smallest absolute Gasteiger partial charge is 0.355 e. The van der Waals surface area contributed by atoms with E-state index in [0.29, 0.717) is 16.4 Å². The SMILES string of the molecule is CNc1ncnc(-n2nc(C)c(Cl)c2C)c1[N+](=O)[O-]. The van der Waals surface area contributed by atoms with Crippen LogP contribution in [-0.4, -0.2) is 31.7 Å². The fourth-order valence-electron chi connectivity index (χ4n) is 1.71. The number of aromatic nitrogens is 4. The summed E-state index contributed by atoms with van der Waals surface area (Å²) >= 11 is 6.04. The van der Waals surface area contributed by atoms with Gasteiger partial charge in [-0.05, 0) is 13.8 Å². The average molecular weight is 283 g/mol. The first-order chi connectivity index (χ1) is 8.97. The number of hydrogen-bond donors (Lipinski definition) is 1. The Kier molecular flexibility index (Phi) is 3.34. The van der Waals surface area contributed by atoms with Gasteiger partial charge in [0.1, 0.15) is 6.33 Å². The molecular weight excluding hydrogens is 272 g/mol. The summed E-state index contributed by atoms with van der Waals surface area (Å²) in [5, 5.41) is 18.5. The van der Waals surface area contributed by atoms with Gasteiger partial charge >= 0.3 is 5.69 Å². The van der Waals surface area contributed by atoms with E-state index in [-0.39, 0.29) is 17.3 Å². The number of halogens is 1.